The van der Waals surface area contributed by atoms with Crippen LogP contribution in [0.5, 0.6) is 0 Å². The predicted molar refractivity (Wildman–Crippen MR) is 58.5 cm³/mol. The average Bonchev–Trinajstić information content (AvgIpc) is 2.03. The second kappa shape index (κ2) is 4.44. The first-order chi connectivity index (χ1) is 6.06. The molecule has 0 radical (unpaired) electrons. The highest BCUT2D eigenvalue weighted by Crippen LogP contribution is 2.31. The van der Waals surface area contributed by atoms with Crippen LogP contribution in [-0.4, -0.2) is 6.26 Å². The van der Waals surface area contributed by atoms with Crippen LogP contribution >= 0.6 is 27.7 Å². The molecule has 4 heteroatoms. The van der Waals surface area contributed by atoms with Crippen molar-refractivity contribution in [1.29, 1.82) is 0 Å². The van der Waals surface area contributed by atoms with E-state index in [0.717, 1.165) is 10.0 Å². The quantitative estimate of drug-likeness (QED) is 0.829. The molecule has 1 aromatic carbocycles. The molecule has 0 aliphatic heterocycles. The van der Waals surface area contributed by atoms with Crippen LogP contribution in [0.2, 0.25) is 0 Å². The van der Waals surface area contributed by atoms with Gasteiger partial charge < -0.3 is 5.73 Å². The van der Waals surface area contributed by atoms with Gasteiger partial charge in [0.2, 0.25) is 0 Å². The van der Waals surface area contributed by atoms with E-state index in [4.69, 9.17) is 5.73 Å². The van der Waals surface area contributed by atoms with Crippen LogP contribution in [-0.2, 0) is 0 Å². The van der Waals surface area contributed by atoms with E-state index in [-0.39, 0.29) is 11.9 Å². The van der Waals surface area contributed by atoms with E-state index in [1.54, 1.807) is 0 Å². The highest BCUT2D eigenvalue weighted by Gasteiger charge is 2.09. The van der Waals surface area contributed by atoms with Gasteiger partial charge in [0.25, 0.3) is 0 Å². The molecule has 0 bridgehead atoms. The Morgan fingerprint density at radius 3 is 2.54 bits per heavy atom. The Labute approximate surface area is 90.0 Å². The Morgan fingerprint density at radius 2 is 2.15 bits per heavy atom. The van der Waals surface area contributed by atoms with Gasteiger partial charge in [0.1, 0.15) is 5.82 Å². The molecule has 0 aliphatic rings. The van der Waals surface area contributed by atoms with Gasteiger partial charge in [-0.3, -0.25) is 0 Å². The first-order valence-corrected chi connectivity index (χ1v) is 5.86. The first-order valence-electron chi connectivity index (χ1n) is 3.84. The van der Waals surface area contributed by atoms with Crippen LogP contribution in [0.4, 0.5) is 4.39 Å². The second-order valence-corrected chi connectivity index (χ2v) is 4.48. The molecule has 0 amide bonds. The molecule has 0 fully saturated rings. The Morgan fingerprint density at radius 1 is 1.54 bits per heavy atom. The number of rotatable bonds is 2. The molecule has 1 unspecified atom stereocenters. The maximum Gasteiger partial charge on any atom is 0.138 e. The Hall–Kier alpha value is -0.0600. The fourth-order valence-electron chi connectivity index (χ4n) is 1.04. The van der Waals surface area contributed by atoms with Crippen molar-refractivity contribution < 1.29 is 4.39 Å². The molecule has 0 spiro atoms. The monoisotopic (exact) mass is 263 g/mol. The minimum atomic E-state index is -0.214. The summed E-state index contributed by atoms with van der Waals surface area (Å²) in [5.41, 5.74) is 6.46. The zero-order chi connectivity index (χ0) is 10.0. The second-order valence-electron chi connectivity index (χ2n) is 2.81. The third kappa shape index (κ3) is 2.45. The molecule has 0 saturated carbocycles. The lowest BCUT2D eigenvalue weighted by Gasteiger charge is -2.09. The summed E-state index contributed by atoms with van der Waals surface area (Å²) < 4.78 is 14.1. The van der Waals surface area contributed by atoms with Gasteiger partial charge in [-0.1, -0.05) is 0 Å². The van der Waals surface area contributed by atoms with Crippen LogP contribution in [0.3, 0.4) is 0 Å². The van der Waals surface area contributed by atoms with E-state index in [1.165, 1.54) is 17.8 Å². The van der Waals surface area contributed by atoms with Crippen LogP contribution < -0.4 is 5.73 Å². The highest BCUT2D eigenvalue weighted by molar-refractivity contribution is 9.10. The topological polar surface area (TPSA) is 26.0 Å². The SMILES string of the molecule is CSc1c(F)cc(C(C)N)cc1Br. The molecule has 0 heterocycles. The van der Waals surface area contributed by atoms with Gasteiger partial charge in [0, 0.05) is 10.5 Å². The third-order valence-electron chi connectivity index (χ3n) is 1.75. The molecule has 13 heavy (non-hydrogen) atoms. The fraction of sp³-hybridized carbons (Fsp3) is 0.333. The molecule has 0 saturated heterocycles. The van der Waals surface area contributed by atoms with Crippen LogP contribution in [0.1, 0.15) is 18.5 Å². The summed E-state index contributed by atoms with van der Waals surface area (Å²) in [6, 6.07) is 3.21. The van der Waals surface area contributed by atoms with E-state index in [0.29, 0.717) is 4.90 Å². The van der Waals surface area contributed by atoms with Crippen molar-refractivity contribution in [3.8, 4) is 0 Å². The number of halogens is 2. The van der Waals surface area contributed by atoms with Crippen molar-refractivity contribution in [2.45, 2.75) is 17.9 Å². The van der Waals surface area contributed by atoms with Gasteiger partial charge in [-0.2, -0.15) is 0 Å². The van der Waals surface area contributed by atoms with E-state index in [2.05, 4.69) is 15.9 Å². The molecule has 0 aliphatic carbocycles. The molecule has 1 nitrogen and oxygen atoms in total. The summed E-state index contributed by atoms with van der Waals surface area (Å²) in [7, 11) is 0. The number of hydrogen-bond acceptors (Lipinski definition) is 2. The number of hydrogen-bond donors (Lipinski definition) is 1. The zero-order valence-electron chi connectivity index (χ0n) is 7.47. The molecule has 1 aromatic rings. The van der Waals surface area contributed by atoms with Crippen LogP contribution in [0.25, 0.3) is 0 Å². The van der Waals surface area contributed by atoms with Crippen molar-refractivity contribution in [3.05, 3.63) is 28.0 Å². The summed E-state index contributed by atoms with van der Waals surface area (Å²) in [6.45, 7) is 1.83. The minimum Gasteiger partial charge on any atom is -0.324 e. The minimum absolute atomic E-state index is 0.137. The first kappa shape index (κ1) is 11.0. The Bertz CT molecular complexity index is 291. The summed E-state index contributed by atoms with van der Waals surface area (Å²) in [5, 5.41) is 0. The zero-order valence-corrected chi connectivity index (χ0v) is 9.88. The van der Waals surface area contributed by atoms with Crippen molar-refractivity contribution in [2.75, 3.05) is 6.26 Å². The molecule has 0 aromatic heterocycles. The van der Waals surface area contributed by atoms with Crippen molar-refractivity contribution in [3.63, 3.8) is 0 Å². The van der Waals surface area contributed by atoms with Crippen molar-refractivity contribution in [2.24, 2.45) is 5.73 Å². The third-order valence-corrected chi connectivity index (χ3v) is 3.46. The molecule has 72 valence electrons. The average molecular weight is 264 g/mol. The molecular weight excluding hydrogens is 253 g/mol. The molecule has 1 rings (SSSR count). The summed E-state index contributed by atoms with van der Waals surface area (Å²) in [5.74, 6) is -0.214. The fourth-order valence-corrected chi connectivity index (χ4v) is 2.48. The lowest BCUT2D eigenvalue weighted by Crippen LogP contribution is -2.05. The van der Waals surface area contributed by atoms with E-state index >= 15 is 0 Å². The lowest BCUT2D eigenvalue weighted by atomic mass is 10.1. The molecular formula is C9H11BrFNS. The Kier molecular flexibility index (Phi) is 3.76. The largest absolute Gasteiger partial charge is 0.324 e. The number of thioether (sulfide) groups is 1. The van der Waals surface area contributed by atoms with E-state index in [1.807, 2.05) is 19.2 Å². The number of benzene rings is 1. The van der Waals surface area contributed by atoms with E-state index in [9.17, 15) is 4.39 Å². The van der Waals surface area contributed by atoms with E-state index < -0.39 is 0 Å². The lowest BCUT2D eigenvalue weighted by molar-refractivity contribution is 0.595. The summed E-state index contributed by atoms with van der Waals surface area (Å²) in [6.07, 6.45) is 1.84. The van der Waals surface area contributed by atoms with Gasteiger partial charge in [0.15, 0.2) is 0 Å². The van der Waals surface area contributed by atoms with Gasteiger partial charge in [0.05, 0.1) is 4.90 Å². The van der Waals surface area contributed by atoms with Gasteiger partial charge >= 0.3 is 0 Å². The maximum absolute atomic E-state index is 13.4. The molecule has 1 atom stereocenters. The standard InChI is InChI=1S/C9H11BrFNS/c1-5(12)6-3-7(10)9(13-2)8(11)4-6/h3-5H,12H2,1-2H3. The Balaban J connectivity index is 3.20. The van der Waals surface area contributed by atoms with Gasteiger partial charge in [-0.25, -0.2) is 4.39 Å². The smallest absolute Gasteiger partial charge is 0.138 e. The molecule has 2 N–H and O–H groups in total. The van der Waals surface area contributed by atoms with Crippen LogP contribution in [0.15, 0.2) is 21.5 Å². The summed E-state index contributed by atoms with van der Waals surface area (Å²) >= 11 is 4.69. The normalized spacial score (nSPS) is 13.0. The highest BCUT2D eigenvalue weighted by atomic mass is 79.9. The van der Waals surface area contributed by atoms with Crippen LogP contribution in [0, 0.1) is 5.82 Å². The van der Waals surface area contributed by atoms with Gasteiger partial charge in [-0.05, 0) is 46.8 Å². The number of nitrogens with two attached hydrogens (primary N) is 1. The maximum atomic E-state index is 13.4. The van der Waals surface area contributed by atoms with Gasteiger partial charge in [-0.15, -0.1) is 11.8 Å². The predicted octanol–water partition coefficient (Wildman–Crippen LogP) is 3.33. The van der Waals surface area contributed by atoms with Crippen molar-refractivity contribution in [1.82, 2.24) is 0 Å². The van der Waals surface area contributed by atoms with Crippen molar-refractivity contribution >= 4 is 27.7 Å². The summed E-state index contributed by atoms with van der Waals surface area (Å²) in [4.78, 5) is 0.629.